The van der Waals surface area contributed by atoms with Gasteiger partial charge in [-0.25, -0.2) is 9.98 Å². The molecule has 3 aromatic rings. The Balaban J connectivity index is 1.65. The van der Waals surface area contributed by atoms with Gasteiger partial charge in [0.2, 0.25) is 5.95 Å². The van der Waals surface area contributed by atoms with Crippen LogP contribution in [-0.4, -0.2) is 38.6 Å². The van der Waals surface area contributed by atoms with Crippen LogP contribution in [0.4, 0.5) is 24.8 Å². The van der Waals surface area contributed by atoms with Gasteiger partial charge in [-0.15, -0.1) is 0 Å². The van der Waals surface area contributed by atoms with Crippen LogP contribution in [0.5, 0.6) is 5.75 Å². The standard InChI is InChI=1S/C21H20F3N9O2/c1-26-17-9-27-14(8-28-17)16(6-25)35-12-5-15-18(29-7-12)31-20(33(15)3)30-13-4-11(21(22,23)24)10-32(2)19(13)34/h4-10,25-27H,1-3H3,(H,29,30,31)/b16-14+,25-6?. The minimum atomic E-state index is -4.62. The molecule has 0 bridgehead atoms. The molecule has 0 radical (unpaired) electrons. The van der Waals surface area contributed by atoms with Crippen molar-refractivity contribution in [3.63, 3.8) is 0 Å². The number of halogens is 3. The van der Waals surface area contributed by atoms with Gasteiger partial charge < -0.3 is 35.2 Å². The van der Waals surface area contributed by atoms with Crippen molar-refractivity contribution < 1.29 is 17.9 Å². The van der Waals surface area contributed by atoms with Crippen LogP contribution in [0.25, 0.3) is 11.2 Å². The van der Waals surface area contributed by atoms with Crippen molar-refractivity contribution in [1.29, 1.82) is 5.41 Å². The number of fused-ring (bicyclic) bond motifs is 1. The summed E-state index contributed by atoms with van der Waals surface area (Å²) in [5, 5.41) is 16.2. The summed E-state index contributed by atoms with van der Waals surface area (Å²) in [4.78, 5) is 25.0. The van der Waals surface area contributed by atoms with Gasteiger partial charge in [0.25, 0.3) is 5.56 Å². The van der Waals surface area contributed by atoms with E-state index in [-0.39, 0.29) is 28.8 Å². The van der Waals surface area contributed by atoms with Crippen molar-refractivity contribution >= 4 is 35.2 Å². The predicted octanol–water partition coefficient (Wildman–Crippen LogP) is 2.36. The zero-order valence-electron chi connectivity index (χ0n) is 18.7. The zero-order chi connectivity index (χ0) is 25.3. The third-order valence-corrected chi connectivity index (χ3v) is 5.05. The molecule has 0 aliphatic carbocycles. The quantitative estimate of drug-likeness (QED) is 0.310. The number of ether oxygens (including phenoxy) is 1. The molecule has 35 heavy (non-hydrogen) atoms. The maximum Gasteiger partial charge on any atom is 0.417 e. The molecule has 0 fully saturated rings. The highest BCUT2D eigenvalue weighted by Gasteiger charge is 2.32. The zero-order valence-corrected chi connectivity index (χ0v) is 18.7. The van der Waals surface area contributed by atoms with Crippen LogP contribution < -0.4 is 26.2 Å². The fourth-order valence-corrected chi connectivity index (χ4v) is 3.21. The largest absolute Gasteiger partial charge is 0.452 e. The van der Waals surface area contributed by atoms with E-state index < -0.39 is 17.3 Å². The molecule has 0 saturated heterocycles. The summed E-state index contributed by atoms with van der Waals surface area (Å²) in [5.41, 5.74) is -0.712. The lowest BCUT2D eigenvalue weighted by Crippen LogP contribution is -2.23. The Labute approximate surface area is 196 Å². The van der Waals surface area contributed by atoms with E-state index in [4.69, 9.17) is 10.1 Å². The molecule has 4 heterocycles. The molecule has 0 unspecified atom stereocenters. The molecular weight excluding hydrogens is 467 g/mol. The maximum absolute atomic E-state index is 13.2. The first-order valence-electron chi connectivity index (χ1n) is 10.1. The second kappa shape index (κ2) is 8.96. The second-order valence-corrected chi connectivity index (χ2v) is 7.40. The van der Waals surface area contributed by atoms with Gasteiger partial charge in [-0.3, -0.25) is 4.79 Å². The van der Waals surface area contributed by atoms with E-state index in [9.17, 15) is 18.0 Å². The Morgan fingerprint density at radius 3 is 2.69 bits per heavy atom. The third kappa shape index (κ3) is 4.71. The summed E-state index contributed by atoms with van der Waals surface area (Å²) >= 11 is 0. The molecule has 0 atom stereocenters. The van der Waals surface area contributed by atoms with E-state index in [2.05, 4.69) is 30.9 Å². The number of aromatic nitrogens is 4. The molecular formula is C21H20F3N9O2. The van der Waals surface area contributed by atoms with Crippen LogP contribution in [0.2, 0.25) is 0 Å². The predicted molar refractivity (Wildman–Crippen MR) is 124 cm³/mol. The highest BCUT2D eigenvalue weighted by molar-refractivity contribution is 5.89. The molecule has 1 aliphatic rings. The van der Waals surface area contributed by atoms with Crippen LogP contribution in [0, 0.1) is 5.41 Å². The van der Waals surface area contributed by atoms with E-state index in [1.165, 1.54) is 24.0 Å². The van der Waals surface area contributed by atoms with Gasteiger partial charge in [0, 0.05) is 39.6 Å². The number of hydrogen-bond donors (Lipinski definition) is 4. The average Bonchev–Trinajstić information content (AvgIpc) is 3.14. The third-order valence-electron chi connectivity index (χ3n) is 5.05. The number of aryl methyl sites for hydroxylation is 2. The maximum atomic E-state index is 13.2. The Kier molecular flexibility index (Phi) is 6.03. The van der Waals surface area contributed by atoms with Crippen LogP contribution in [0.1, 0.15) is 5.56 Å². The van der Waals surface area contributed by atoms with Crippen LogP contribution in [0.3, 0.4) is 0 Å². The number of alkyl halides is 3. The molecule has 0 amide bonds. The Morgan fingerprint density at radius 2 is 2.06 bits per heavy atom. The number of aliphatic imine (C=N–C) groups is 1. The fourth-order valence-electron chi connectivity index (χ4n) is 3.21. The van der Waals surface area contributed by atoms with Crippen molar-refractivity contribution in [2.24, 2.45) is 19.1 Å². The summed E-state index contributed by atoms with van der Waals surface area (Å²) in [7, 11) is 4.56. The Bertz CT molecular complexity index is 1470. The van der Waals surface area contributed by atoms with Crippen LogP contribution in [0.15, 0.2) is 57.8 Å². The van der Waals surface area contributed by atoms with Gasteiger partial charge in [-0.2, -0.15) is 18.2 Å². The number of nitrogens with one attached hydrogen (secondary N) is 4. The minimum absolute atomic E-state index is 0.109. The molecule has 182 valence electrons. The van der Waals surface area contributed by atoms with E-state index in [1.54, 1.807) is 26.4 Å². The molecule has 1 aliphatic heterocycles. The van der Waals surface area contributed by atoms with Crippen molar-refractivity contribution in [1.82, 2.24) is 29.7 Å². The molecule has 11 nitrogen and oxygen atoms in total. The van der Waals surface area contributed by atoms with Gasteiger partial charge in [0.05, 0.1) is 29.7 Å². The van der Waals surface area contributed by atoms with Gasteiger partial charge >= 0.3 is 6.18 Å². The molecule has 4 rings (SSSR count). The van der Waals surface area contributed by atoms with Gasteiger partial charge in [-0.05, 0) is 6.07 Å². The van der Waals surface area contributed by atoms with Gasteiger partial charge in [0.15, 0.2) is 11.4 Å². The lowest BCUT2D eigenvalue weighted by atomic mass is 10.2. The highest BCUT2D eigenvalue weighted by atomic mass is 19.4. The number of pyridine rings is 2. The Hall–Kier alpha value is -4.62. The van der Waals surface area contributed by atoms with Crippen molar-refractivity contribution in [3.8, 4) is 5.75 Å². The first kappa shape index (κ1) is 23.5. The van der Waals surface area contributed by atoms with Crippen molar-refractivity contribution in [2.45, 2.75) is 6.18 Å². The SMILES string of the molecule is CNC1=CN/C(=C(\C=N)Oc2cnc3nc(Nc4cc(C(F)(F)F)cn(C)c4=O)n(C)c3c2)C=N1. The molecule has 3 aromatic heterocycles. The smallest absolute Gasteiger partial charge is 0.417 e. The first-order valence-corrected chi connectivity index (χ1v) is 10.1. The van der Waals surface area contributed by atoms with Gasteiger partial charge in [-0.1, -0.05) is 0 Å². The fraction of sp³-hybridized carbons (Fsp3) is 0.190. The number of allylic oxidation sites excluding steroid dienone is 2. The lowest BCUT2D eigenvalue weighted by molar-refractivity contribution is -0.138. The summed E-state index contributed by atoms with van der Waals surface area (Å²) < 4.78 is 47.7. The van der Waals surface area contributed by atoms with E-state index in [1.807, 2.05) is 0 Å². The summed E-state index contributed by atoms with van der Waals surface area (Å²) in [6, 6.07) is 2.34. The topological polar surface area (TPSA) is 134 Å². The summed E-state index contributed by atoms with van der Waals surface area (Å²) in [6.45, 7) is 0. The van der Waals surface area contributed by atoms with Crippen molar-refractivity contribution in [2.75, 3.05) is 12.4 Å². The molecule has 0 spiro atoms. The molecule has 4 N–H and O–H groups in total. The van der Waals surface area contributed by atoms with Gasteiger partial charge in [0.1, 0.15) is 23.0 Å². The number of anilines is 2. The second-order valence-electron chi connectivity index (χ2n) is 7.40. The van der Waals surface area contributed by atoms with E-state index >= 15 is 0 Å². The lowest BCUT2D eigenvalue weighted by Gasteiger charge is -2.14. The monoisotopic (exact) mass is 487 g/mol. The summed E-state index contributed by atoms with van der Waals surface area (Å²) in [5.74, 6) is 1.17. The molecule has 14 heteroatoms. The van der Waals surface area contributed by atoms with E-state index in [0.717, 1.165) is 23.0 Å². The average molecular weight is 487 g/mol. The Morgan fingerprint density at radius 1 is 1.29 bits per heavy atom. The minimum Gasteiger partial charge on any atom is -0.452 e. The number of hydrogen-bond acceptors (Lipinski definition) is 9. The van der Waals surface area contributed by atoms with Crippen LogP contribution >= 0.6 is 0 Å². The van der Waals surface area contributed by atoms with Crippen molar-refractivity contribution in [3.05, 3.63) is 63.9 Å². The highest BCUT2D eigenvalue weighted by Crippen LogP contribution is 2.30. The normalized spacial score (nSPS) is 14.9. The number of nitrogens with zero attached hydrogens (tertiary/aromatic N) is 5. The van der Waals surface area contributed by atoms with Crippen LogP contribution in [-0.2, 0) is 20.3 Å². The van der Waals surface area contributed by atoms with E-state index in [0.29, 0.717) is 17.0 Å². The number of imidazole rings is 1. The molecule has 0 aromatic carbocycles. The summed E-state index contributed by atoms with van der Waals surface area (Å²) in [6.07, 6.45) is 1.62. The molecule has 0 saturated carbocycles. The number of rotatable bonds is 6. The first-order chi connectivity index (χ1) is 16.6.